The summed E-state index contributed by atoms with van der Waals surface area (Å²) in [5.41, 5.74) is 0.0856. The van der Waals surface area contributed by atoms with E-state index < -0.39 is 5.41 Å². The monoisotopic (exact) mass is 146 g/mol. The highest BCUT2D eigenvalue weighted by Crippen LogP contribution is 2.37. The van der Waals surface area contributed by atoms with Gasteiger partial charge in [0.25, 0.3) is 0 Å². The summed E-state index contributed by atoms with van der Waals surface area (Å²) >= 11 is 0. The van der Waals surface area contributed by atoms with Gasteiger partial charge >= 0.3 is 0 Å². The first-order chi connectivity index (χ1) is 3.89. The third-order valence-electron chi connectivity index (χ3n) is 1.77. The average molecular weight is 146 g/mol. The highest BCUT2D eigenvalue weighted by atomic mass is 31.0. The molecule has 0 aromatic carbocycles. The quantitative estimate of drug-likeness (QED) is 0.385. The van der Waals surface area contributed by atoms with Gasteiger partial charge in [-0.1, -0.05) is 28.8 Å². The van der Waals surface area contributed by atoms with E-state index in [0.717, 1.165) is 0 Å². The van der Waals surface area contributed by atoms with Gasteiger partial charge in [-0.2, -0.15) is 0 Å². The van der Waals surface area contributed by atoms with E-state index in [0.29, 0.717) is 0 Å². The minimum atomic E-state index is -1.08. The molecule has 0 rings (SSSR count). The van der Waals surface area contributed by atoms with Crippen LogP contribution in [0.15, 0.2) is 0 Å². The van der Waals surface area contributed by atoms with Crippen LogP contribution >= 0.6 is 9.24 Å². The highest BCUT2D eigenvalue weighted by Gasteiger charge is 2.30. The molecule has 52 valence electrons. The molecule has 0 amide bonds. The molecule has 4 heteroatoms. The normalized spacial score (nSPS) is 18.4. The smallest absolute Gasteiger partial charge is 0.115 e. The summed E-state index contributed by atoms with van der Waals surface area (Å²) in [6.45, 7) is 3.79. The van der Waals surface area contributed by atoms with Crippen LogP contribution in [0.3, 0.4) is 0 Å². The summed E-state index contributed by atoms with van der Waals surface area (Å²) < 4.78 is 13.3. The van der Waals surface area contributed by atoms with Crippen LogP contribution in [0.2, 0.25) is 5.72 Å². The number of hydrogen-bond donors (Lipinski definition) is 0. The minimum Gasteiger partial charge on any atom is -0.241 e. The lowest BCUT2D eigenvalue weighted by Gasteiger charge is -2.28. The van der Waals surface area contributed by atoms with Crippen LogP contribution in [-0.2, 0) is 0 Å². The van der Waals surface area contributed by atoms with Crippen molar-refractivity contribution >= 4 is 24.9 Å². The van der Waals surface area contributed by atoms with Gasteiger partial charge in [0.15, 0.2) is 0 Å². The molecule has 2 atom stereocenters. The maximum atomic E-state index is 13.3. The fourth-order valence-corrected chi connectivity index (χ4v) is 0.667. The minimum absolute atomic E-state index is 0.0856. The van der Waals surface area contributed by atoms with Crippen molar-refractivity contribution < 1.29 is 4.39 Å². The van der Waals surface area contributed by atoms with Gasteiger partial charge in [0.2, 0.25) is 0 Å². The van der Waals surface area contributed by atoms with Crippen molar-refractivity contribution in [3.63, 3.8) is 0 Å². The molecule has 0 aliphatic heterocycles. The summed E-state index contributed by atoms with van der Waals surface area (Å²) in [6, 6.07) is 0. The van der Waals surface area contributed by atoms with E-state index in [4.69, 9.17) is 0 Å². The largest absolute Gasteiger partial charge is 0.241 e. The zero-order chi connectivity index (χ0) is 7.65. The van der Waals surface area contributed by atoms with E-state index in [1.807, 2.05) is 29.5 Å². The van der Waals surface area contributed by atoms with E-state index in [2.05, 4.69) is 9.24 Å². The van der Waals surface area contributed by atoms with Gasteiger partial charge < -0.3 is 0 Å². The van der Waals surface area contributed by atoms with Crippen LogP contribution in [0.5, 0.6) is 0 Å². The Morgan fingerprint density at radius 2 is 1.78 bits per heavy atom. The molecule has 0 saturated carbocycles. The van der Waals surface area contributed by atoms with E-state index in [-0.39, 0.29) is 11.6 Å². The first-order valence-electron chi connectivity index (χ1n) is 3.36. The van der Waals surface area contributed by atoms with E-state index in [9.17, 15) is 4.39 Å². The van der Waals surface area contributed by atoms with E-state index >= 15 is 0 Å². The second-order valence-corrected chi connectivity index (χ2v) is 4.02. The number of hydrogen-bond acceptors (Lipinski definition) is 0. The van der Waals surface area contributed by atoms with Gasteiger partial charge in [0, 0.05) is 0 Å². The standard InChI is InChI=1S/C5H14B2FP/c1-3(2)5(8,9)4(6)7/h3-4H,6-7,9H2,1-2H3. The van der Waals surface area contributed by atoms with Crippen molar-refractivity contribution in [2.24, 2.45) is 5.92 Å². The lowest BCUT2D eigenvalue weighted by Crippen LogP contribution is -2.28. The molecule has 0 aliphatic rings. The van der Waals surface area contributed by atoms with Crippen molar-refractivity contribution in [3.05, 3.63) is 0 Å². The molecule has 0 heterocycles. The molecule has 0 spiro atoms. The van der Waals surface area contributed by atoms with Gasteiger partial charge in [-0.15, -0.1) is 0 Å². The molecule has 0 bridgehead atoms. The Kier molecular flexibility index (Phi) is 3.22. The van der Waals surface area contributed by atoms with Crippen LogP contribution in [0.25, 0.3) is 0 Å². The van der Waals surface area contributed by atoms with Crippen molar-refractivity contribution in [3.8, 4) is 0 Å². The van der Waals surface area contributed by atoms with Crippen molar-refractivity contribution in [2.75, 3.05) is 0 Å². The molecular formula is C5H14B2FP. The average Bonchev–Trinajstić information content (AvgIpc) is 1.65. The summed E-state index contributed by atoms with van der Waals surface area (Å²) in [5.74, 6) is 0.0856. The number of rotatable bonds is 2. The Hall–Kier alpha value is 0.490. The van der Waals surface area contributed by atoms with Crippen LogP contribution in [0.1, 0.15) is 13.8 Å². The topological polar surface area (TPSA) is 0 Å². The number of alkyl halides is 1. The molecule has 2 unspecified atom stereocenters. The SMILES string of the molecule is BC(B)C(F)(P)C(C)C. The Labute approximate surface area is 61.0 Å². The second kappa shape index (κ2) is 3.05. The number of halogens is 1. The van der Waals surface area contributed by atoms with Crippen LogP contribution in [-0.4, -0.2) is 21.1 Å². The molecule has 0 fully saturated rings. The summed E-state index contributed by atoms with van der Waals surface area (Å²) in [7, 11) is 6.07. The maximum Gasteiger partial charge on any atom is 0.115 e. The van der Waals surface area contributed by atoms with Crippen LogP contribution in [0.4, 0.5) is 4.39 Å². The third-order valence-corrected chi connectivity index (χ3v) is 3.10. The second-order valence-electron chi connectivity index (χ2n) is 3.14. The fourth-order valence-electron chi connectivity index (χ4n) is 0.667. The zero-order valence-corrected chi connectivity index (χ0v) is 7.76. The van der Waals surface area contributed by atoms with Crippen molar-refractivity contribution in [2.45, 2.75) is 25.0 Å². The summed E-state index contributed by atoms with van der Waals surface area (Å²) in [5, 5.41) is -1.08. The summed E-state index contributed by atoms with van der Waals surface area (Å²) in [6.07, 6.45) is 0. The van der Waals surface area contributed by atoms with Crippen LogP contribution < -0.4 is 0 Å². The lowest BCUT2D eigenvalue weighted by atomic mass is 9.65. The molecule has 0 radical (unpaired) electrons. The molecule has 0 aliphatic carbocycles. The molecule has 0 aromatic rings. The lowest BCUT2D eigenvalue weighted by molar-refractivity contribution is 0.225. The van der Waals surface area contributed by atoms with Crippen molar-refractivity contribution in [1.82, 2.24) is 0 Å². The predicted molar refractivity (Wildman–Crippen MR) is 49.2 cm³/mol. The van der Waals surface area contributed by atoms with Crippen molar-refractivity contribution in [1.29, 1.82) is 0 Å². The highest BCUT2D eigenvalue weighted by molar-refractivity contribution is 7.19. The Bertz CT molecular complexity index is 83.0. The first-order valence-corrected chi connectivity index (χ1v) is 3.94. The fraction of sp³-hybridized carbons (Fsp3) is 1.00. The van der Waals surface area contributed by atoms with E-state index in [1.54, 1.807) is 0 Å². The van der Waals surface area contributed by atoms with Gasteiger partial charge in [-0.3, -0.25) is 0 Å². The van der Waals surface area contributed by atoms with E-state index in [1.165, 1.54) is 0 Å². The maximum absolute atomic E-state index is 13.3. The van der Waals surface area contributed by atoms with Gasteiger partial charge in [-0.25, -0.2) is 4.39 Å². The molecule has 0 saturated heterocycles. The van der Waals surface area contributed by atoms with Gasteiger partial charge in [-0.05, 0) is 5.92 Å². The Balaban J connectivity index is 4.01. The van der Waals surface area contributed by atoms with Crippen LogP contribution in [0, 0.1) is 5.92 Å². The molecule has 0 N–H and O–H groups in total. The Morgan fingerprint density at radius 3 is 1.78 bits per heavy atom. The molecule has 9 heavy (non-hydrogen) atoms. The molecule has 0 aromatic heterocycles. The summed E-state index contributed by atoms with van der Waals surface area (Å²) in [4.78, 5) is 0. The predicted octanol–water partition coefficient (Wildman–Crippen LogP) is 0.196. The molecular weight excluding hydrogens is 132 g/mol. The Morgan fingerprint density at radius 1 is 1.44 bits per heavy atom. The third kappa shape index (κ3) is 2.29. The van der Waals surface area contributed by atoms with Gasteiger partial charge in [0.05, 0.1) is 0 Å². The first kappa shape index (κ1) is 9.49. The molecule has 0 nitrogen and oxygen atoms in total. The van der Waals surface area contributed by atoms with Gasteiger partial charge in [0.1, 0.15) is 21.1 Å². The zero-order valence-electron chi connectivity index (χ0n) is 6.61.